The normalized spacial score (nSPS) is 21.9. The molecule has 0 radical (unpaired) electrons. The zero-order chi connectivity index (χ0) is 18.6. The van der Waals surface area contributed by atoms with Crippen LogP contribution in [0, 0.1) is 0 Å². The van der Waals surface area contributed by atoms with E-state index in [1.54, 1.807) is 11.8 Å². The second-order valence-corrected chi connectivity index (χ2v) is 7.15. The van der Waals surface area contributed by atoms with Gasteiger partial charge < -0.3 is 19.7 Å². The number of nitrogens with one attached hydrogen (secondary N) is 1. The minimum Gasteiger partial charge on any atom is -0.383 e. The SMILES string of the molecule is COCCNC(=O)[C@@H]1CCC2(CCN(C(=O)Cc3ccn(C)n3)CC2)O1. The molecule has 2 amide bonds. The number of rotatable bonds is 6. The number of likely N-dealkylation sites (tertiary alicyclic amines) is 1. The summed E-state index contributed by atoms with van der Waals surface area (Å²) < 4.78 is 12.8. The maximum Gasteiger partial charge on any atom is 0.249 e. The predicted molar refractivity (Wildman–Crippen MR) is 94.4 cm³/mol. The predicted octanol–water partition coefficient (Wildman–Crippen LogP) is 0.265. The van der Waals surface area contributed by atoms with E-state index in [-0.39, 0.29) is 23.5 Å². The molecule has 26 heavy (non-hydrogen) atoms. The Morgan fingerprint density at radius 2 is 2.15 bits per heavy atom. The molecule has 1 N–H and O–H groups in total. The molecule has 2 saturated heterocycles. The van der Waals surface area contributed by atoms with Crippen LogP contribution in [0.3, 0.4) is 0 Å². The molecule has 1 spiro atoms. The Hall–Kier alpha value is -1.93. The van der Waals surface area contributed by atoms with Crippen molar-refractivity contribution in [2.45, 2.75) is 43.8 Å². The third-order valence-electron chi connectivity index (χ3n) is 5.28. The second kappa shape index (κ2) is 8.18. The molecule has 0 aliphatic carbocycles. The van der Waals surface area contributed by atoms with E-state index in [4.69, 9.17) is 9.47 Å². The van der Waals surface area contributed by atoms with Crippen molar-refractivity contribution in [3.63, 3.8) is 0 Å². The van der Waals surface area contributed by atoms with Gasteiger partial charge in [-0.2, -0.15) is 5.10 Å². The average molecular weight is 364 g/mol. The zero-order valence-corrected chi connectivity index (χ0v) is 15.6. The Balaban J connectivity index is 1.46. The number of hydrogen-bond acceptors (Lipinski definition) is 5. The molecule has 144 valence electrons. The van der Waals surface area contributed by atoms with Crippen LogP contribution in [0.15, 0.2) is 12.3 Å². The first-order valence-electron chi connectivity index (χ1n) is 9.22. The van der Waals surface area contributed by atoms with E-state index in [9.17, 15) is 9.59 Å². The summed E-state index contributed by atoms with van der Waals surface area (Å²) in [6, 6.07) is 1.87. The van der Waals surface area contributed by atoms with Crippen LogP contribution in [0.4, 0.5) is 0 Å². The zero-order valence-electron chi connectivity index (χ0n) is 15.6. The van der Waals surface area contributed by atoms with Gasteiger partial charge in [0.15, 0.2) is 0 Å². The third-order valence-corrected chi connectivity index (χ3v) is 5.28. The van der Waals surface area contributed by atoms with Gasteiger partial charge in [-0.15, -0.1) is 0 Å². The Morgan fingerprint density at radius 1 is 1.38 bits per heavy atom. The summed E-state index contributed by atoms with van der Waals surface area (Å²) in [7, 11) is 3.45. The molecule has 2 aliphatic rings. The van der Waals surface area contributed by atoms with Gasteiger partial charge in [-0.3, -0.25) is 14.3 Å². The highest BCUT2D eigenvalue weighted by Gasteiger charge is 2.45. The molecule has 3 heterocycles. The molecule has 8 heteroatoms. The molecule has 0 bridgehead atoms. The largest absolute Gasteiger partial charge is 0.383 e. The van der Waals surface area contributed by atoms with Gasteiger partial charge in [-0.1, -0.05) is 0 Å². The number of carbonyl (C=O) groups is 2. The highest BCUT2D eigenvalue weighted by Crippen LogP contribution is 2.39. The summed E-state index contributed by atoms with van der Waals surface area (Å²) >= 11 is 0. The summed E-state index contributed by atoms with van der Waals surface area (Å²) in [6.45, 7) is 2.34. The lowest BCUT2D eigenvalue weighted by Gasteiger charge is -2.39. The number of carbonyl (C=O) groups excluding carboxylic acids is 2. The van der Waals surface area contributed by atoms with E-state index in [1.165, 1.54) is 0 Å². The van der Waals surface area contributed by atoms with Crippen LogP contribution in [0.5, 0.6) is 0 Å². The number of nitrogens with zero attached hydrogens (tertiary/aromatic N) is 3. The lowest BCUT2D eigenvalue weighted by molar-refractivity contribution is -0.146. The van der Waals surface area contributed by atoms with Gasteiger partial charge in [0.25, 0.3) is 0 Å². The van der Waals surface area contributed by atoms with Crippen molar-refractivity contribution in [1.82, 2.24) is 20.0 Å². The van der Waals surface area contributed by atoms with E-state index in [1.807, 2.05) is 24.2 Å². The molecule has 2 fully saturated rings. The van der Waals surface area contributed by atoms with E-state index in [0.29, 0.717) is 32.7 Å². The van der Waals surface area contributed by atoms with Crippen molar-refractivity contribution in [3.05, 3.63) is 18.0 Å². The van der Waals surface area contributed by atoms with Crippen molar-refractivity contribution < 1.29 is 19.1 Å². The fraction of sp³-hybridized carbons (Fsp3) is 0.722. The Labute approximate surface area is 153 Å². The molecule has 0 aromatic carbocycles. The van der Waals surface area contributed by atoms with Gasteiger partial charge in [-0.25, -0.2) is 0 Å². The van der Waals surface area contributed by atoms with Gasteiger partial charge in [0.1, 0.15) is 6.10 Å². The first kappa shape index (κ1) is 18.8. The molecule has 0 unspecified atom stereocenters. The van der Waals surface area contributed by atoms with Crippen LogP contribution >= 0.6 is 0 Å². The molecule has 1 aromatic rings. The van der Waals surface area contributed by atoms with Crippen molar-refractivity contribution in [3.8, 4) is 0 Å². The third kappa shape index (κ3) is 4.42. The molecule has 0 saturated carbocycles. The van der Waals surface area contributed by atoms with Gasteiger partial charge in [-0.05, 0) is 31.7 Å². The van der Waals surface area contributed by atoms with Crippen molar-refractivity contribution in [2.24, 2.45) is 7.05 Å². The summed E-state index contributed by atoms with van der Waals surface area (Å²) in [4.78, 5) is 26.5. The first-order valence-corrected chi connectivity index (χ1v) is 9.22. The van der Waals surface area contributed by atoms with Gasteiger partial charge >= 0.3 is 0 Å². The van der Waals surface area contributed by atoms with Gasteiger partial charge in [0.2, 0.25) is 11.8 Å². The number of hydrogen-bond donors (Lipinski definition) is 1. The molecule has 8 nitrogen and oxygen atoms in total. The van der Waals surface area contributed by atoms with E-state index < -0.39 is 0 Å². The summed E-state index contributed by atoms with van der Waals surface area (Å²) in [5.74, 6) is 0.0398. The summed E-state index contributed by atoms with van der Waals surface area (Å²) in [5, 5.41) is 7.11. The lowest BCUT2D eigenvalue weighted by atomic mass is 9.88. The molecule has 1 atom stereocenters. The van der Waals surface area contributed by atoms with E-state index >= 15 is 0 Å². The summed E-state index contributed by atoms with van der Waals surface area (Å²) in [6.07, 6.45) is 4.96. The van der Waals surface area contributed by atoms with Crippen molar-refractivity contribution in [2.75, 3.05) is 33.4 Å². The standard InChI is InChI=1S/C18H28N4O4/c1-21-9-4-14(20-21)13-16(23)22-10-6-18(7-11-22)5-3-15(26-18)17(24)19-8-12-25-2/h4,9,15H,3,5-8,10-13H2,1-2H3,(H,19,24)/t15-/m0/s1. The Kier molecular flexibility index (Phi) is 5.93. The average Bonchev–Trinajstić information content (AvgIpc) is 3.22. The fourth-order valence-electron chi connectivity index (χ4n) is 3.74. The first-order chi connectivity index (χ1) is 12.5. The highest BCUT2D eigenvalue weighted by atomic mass is 16.5. The number of amides is 2. The fourth-order valence-corrected chi connectivity index (χ4v) is 3.74. The van der Waals surface area contributed by atoms with Gasteiger partial charge in [0, 0.05) is 40.0 Å². The van der Waals surface area contributed by atoms with E-state index in [0.717, 1.165) is 31.4 Å². The molecular weight excluding hydrogens is 336 g/mol. The topological polar surface area (TPSA) is 85.7 Å². The van der Waals surface area contributed by atoms with Gasteiger partial charge in [0.05, 0.1) is 24.3 Å². The summed E-state index contributed by atoms with van der Waals surface area (Å²) in [5.41, 5.74) is 0.535. The maximum atomic E-state index is 12.5. The number of aryl methyl sites for hydroxylation is 1. The highest BCUT2D eigenvalue weighted by molar-refractivity contribution is 5.81. The van der Waals surface area contributed by atoms with Crippen molar-refractivity contribution in [1.29, 1.82) is 0 Å². The van der Waals surface area contributed by atoms with E-state index in [2.05, 4.69) is 10.4 Å². The van der Waals surface area contributed by atoms with Crippen LogP contribution in [-0.2, 0) is 32.5 Å². The minimum atomic E-state index is -0.386. The Morgan fingerprint density at radius 3 is 2.81 bits per heavy atom. The number of methoxy groups -OCH3 is 1. The smallest absolute Gasteiger partial charge is 0.249 e. The Bertz CT molecular complexity index is 637. The minimum absolute atomic E-state index is 0.0624. The number of ether oxygens (including phenoxy) is 2. The molecule has 2 aliphatic heterocycles. The molecular formula is C18H28N4O4. The molecule has 3 rings (SSSR count). The molecule has 1 aromatic heterocycles. The number of piperidine rings is 1. The van der Waals surface area contributed by atoms with Crippen LogP contribution in [-0.4, -0.2) is 71.6 Å². The van der Waals surface area contributed by atoms with Crippen molar-refractivity contribution >= 4 is 11.8 Å². The van der Waals surface area contributed by atoms with Crippen LogP contribution in [0.1, 0.15) is 31.4 Å². The van der Waals surface area contributed by atoms with Crippen LogP contribution in [0.2, 0.25) is 0 Å². The maximum absolute atomic E-state index is 12.5. The lowest BCUT2D eigenvalue weighted by Crippen LogP contribution is -2.48. The quantitative estimate of drug-likeness (QED) is 0.732. The monoisotopic (exact) mass is 364 g/mol. The number of aromatic nitrogens is 2. The van der Waals surface area contributed by atoms with Crippen LogP contribution in [0.25, 0.3) is 0 Å². The van der Waals surface area contributed by atoms with Crippen LogP contribution < -0.4 is 5.32 Å². The second-order valence-electron chi connectivity index (χ2n) is 7.15.